The lowest BCUT2D eigenvalue weighted by Gasteiger charge is -2.53. The second kappa shape index (κ2) is 9.88. The lowest BCUT2D eigenvalue weighted by atomic mass is 9.61. The molecule has 1 aromatic carbocycles. The highest BCUT2D eigenvalue weighted by atomic mass is 35.5. The number of benzene rings is 1. The highest BCUT2D eigenvalue weighted by molar-refractivity contribution is 6.30. The van der Waals surface area contributed by atoms with Gasteiger partial charge < -0.3 is 20.3 Å². The van der Waals surface area contributed by atoms with E-state index in [0.717, 1.165) is 56.7 Å². The maximum Gasteiger partial charge on any atom is 0.270 e. The van der Waals surface area contributed by atoms with Crippen LogP contribution in [0.2, 0.25) is 5.02 Å². The number of hydrogen-bond acceptors (Lipinski definition) is 5. The van der Waals surface area contributed by atoms with Gasteiger partial charge in [0.2, 0.25) is 0 Å². The highest BCUT2D eigenvalue weighted by Gasteiger charge is 2.50. The Morgan fingerprint density at radius 3 is 2.32 bits per heavy atom. The highest BCUT2D eigenvalue weighted by Crippen LogP contribution is 2.47. The van der Waals surface area contributed by atoms with Crippen molar-refractivity contribution in [2.75, 3.05) is 20.7 Å². The lowest BCUT2D eigenvalue weighted by molar-refractivity contribution is -0.126. The molecule has 3 fully saturated rings. The standard InChI is InChI=1S/C25H30ClFN4O3/c1-31(2)15-17-5-12-28-21(13-17)23(33)30-25-9-6-24(7-10-25,8-11-25)29-22(32)16-34-18-3-4-19(26)20(27)14-18/h3-5,12-14H,6-11,15-16H2,1-2H3,(H,29,32)(H,30,33). The SMILES string of the molecule is CN(C)Cc1ccnc(C(=O)NC23CCC(NC(=O)COc4ccc(Cl)c(F)c4)(CC2)CC3)c1. The van der Waals surface area contributed by atoms with Crippen molar-refractivity contribution in [1.82, 2.24) is 20.5 Å². The molecular formula is C25H30ClFN4O3. The van der Waals surface area contributed by atoms with Crippen LogP contribution in [0.1, 0.15) is 54.6 Å². The maximum absolute atomic E-state index is 13.6. The number of ether oxygens (including phenoxy) is 1. The van der Waals surface area contributed by atoms with E-state index in [1.165, 1.54) is 12.1 Å². The third kappa shape index (κ3) is 5.67. The molecule has 3 aliphatic rings. The van der Waals surface area contributed by atoms with Gasteiger partial charge in [0.15, 0.2) is 6.61 Å². The van der Waals surface area contributed by atoms with E-state index < -0.39 is 5.82 Å². The summed E-state index contributed by atoms with van der Waals surface area (Å²) in [5.74, 6) is -0.721. The topological polar surface area (TPSA) is 83.6 Å². The van der Waals surface area contributed by atoms with E-state index >= 15 is 0 Å². The van der Waals surface area contributed by atoms with Crippen molar-refractivity contribution in [1.29, 1.82) is 0 Å². The van der Waals surface area contributed by atoms with Crippen LogP contribution >= 0.6 is 11.6 Å². The van der Waals surface area contributed by atoms with Gasteiger partial charge in [-0.3, -0.25) is 14.6 Å². The minimum atomic E-state index is -0.587. The van der Waals surface area contributed by atoms with Gasteiger partial charge in [-0.2, -0.15) is 0 Å². The summed E-state index contributed by atoms with van der Waals surface area (Å²) in [5.41, 5.74) is 0.919. The van der Waals surface area contributed by atoms with E-state index in [1.54, 1.807) is 6.20 Å². The first-order valence-corrected chi connectivity index (χ1v) is 11.9. The van der Waals surface area contributed by atoms with Crippen molar-refractivity contribution in [3.05, 3.63) is 58.6 Å². The van der Waals surface area contributed by atoms with Crippen LogP contribution in [0.5, 0.6) is 5.75 Å². The van der Waals surface area contributed by atoms with Crippen LogP contribution in [0, 0.1) is 5.82 Å². The number of carbonyl (C=O) groups is 2. The summed E-state index contributed by atoms with van der Waals surface area (Å²) in [6.45, 7) is 0.548. The largest absolute Gasteiger partial charge is 0.484 e. The average molecular weight is 489 g/mol. The van der Waals surface area contributed by atoms with Crippen LogP contribution < -0.4 is 15.4 Å². The van der Waals surface area contributed by atoms with E-state index in [0.29, 0.717) is 5.69 Å². The molecular weight excluding hydrogens is 459 g/mol. The summed E-state index contributed by atoms with van der Waals surface area (Å²) in [7, 11) is 3.97. The lowest BCUT2D eigenvalue weighted by Crippen LogP contribution is -2.64. The summed E-state index contributed by atoms with van der Waals surface area (Å²) < 4.78 is 19.0. The number of rotatable bonds is 8. The van der Waals surface area contributed by atoms with Gasteiger partial charge >= 0.3 is 0 Å². The van der Waals surface area contributed by atoms with Crippen LogP contribution in [-0.2, 0) is 11.3 Å². The molecule has 182 valence electrons. The number of pyridine rings is 1. The van der Waals surface area contributed by atoms with Crippen LogP contribution in [0.4, 0.5) is 4.39 Å². The van der Waals surface area contributed by atoms with Crippen molar-refractivity contribution >= 4 is 23.4 Å². The van der Waals surface area contributed by atoms with Crippen LogP contribution in [0.25, 0.3) is 0 Å². The fourth-order valence-corrected chi connectivity index (χ4v) is 5.09. The van der Waals surface area contributed by atoms with Crippen LogP contribution in [0.3, 0.4) is 0 Å². The molecule has 1 heterocycles. The molecule has 1 aromatic heterocycles. The fraction of sp³-hybridized carbons (Fsp3) is 0.480. The van der Waals surface area contributed by atoms with Crippen molar-refractivity contribution in [3.8, 4) is 5.75 Å². The Labute approximate surface area is 204 Å². The van der Waals surface area contributed by atoms with Gasteiger partial charge in [0.1, 0.15) is 17.3 Å². The number of nitrogens with zero attached hydrogens (tertiary/aromatic N) is 2. The third-order valence-corrected chi connectivity index (χ3v) is 7.15. The van der Waals surface area contributed by atoms with Gasteiger partial charge in [0.05, 0.1) is 5.02 Å². The van der Waals surface area contributed by atoms with Crippen LogP contribution in [-0.4, -0.2) is 53.5 Å². The Morgan fingerprint density at radius 2 is 1.71 bits per heavy atom. The summed E-state index contributed by atoms with van der Waals surface area (Å²) in [5, 5.41) is 6.38. The molecule has 9 heteroatoms. The molecule has 0 atom stereocenters. The van der Waals surface area contributed by atoms with Crippen molar-refractivity contribution in [2.24, 2.45) is 0 Å². The number of halogens is 2. The molecule has 3 saturated carbocycles. The smallest absolute Gasteiger partial charge is 0.270 e. The summed E-state index contributed by atoms with van der Waals surface area (Å²) in [6.07, 6.45) is 6.39. The molecule has 7 nitrogen and oxygen atoms in total. The zero-order valence-corrected chi connectivity index (χ0v) is 20.3. The molecule has 0 saturated heterocycles. The number of fused-ring (bicyclic) bond motifs is 3. The van der Waals surface area contributed by atoms with Gasteiger partial charge in [0, 0.05) is 29.9 Å². The molecule has 0 radical (unpaired) electrons. The van der Waals surface area contributed by atoms with E-state index in [-0.39, 0.29) is 40.3 Å². The quantitative estimate of drug-likeness (QED) is 0.592. The van der Waals surface area contributed by atoms with E-state index in [9.17, 15) is 14.0 Å². The van der Waals surface area contributed by atoms with Gasteiger partial charge in [-0.25, -0.2) is 4.39 Å². The first-order chi connectivity index (χ1) is 16.2. The molecule has 0 spiro atoms. The van der Waals surface area contributed by atoms with E-state index in [2.05, 4.69) is 15.6 Å². The molecule has 2 bridgehead atoms. The minimum Gasteiger partial charge on any atom is -0.484 e. The average Bonchev–Trinajstić information content (AvgIpc) is 2.81. The summed E-state index contributed by atoms with van der Waals surface area (Å²) in [4.78, 5) is 31.8. The Morgan fingerprint density at radius 1 is 1.06 bits per heavy atom. The number of amides is 2. The second-order valence-electron chi connectivity index (χ2n) is 9.71. The molecule has 5 rings (SSSR count). The fourth-order valence-electron chi connectivity index (χ4n) is 4.97. The zero-order chi connectivity index (χ0) is 24.3. The second-order valence-corrected chi connectivity index (χ2v) is 10.1. The molecule has 2 N–H and O–H groups in total. The Bertz CT molecular complexity index is 1050. The number of hydrogen-bond donors (Lipinski definition) is 2. The van der Waals surface area contributed by atoms with E-state index in [4.69, 9.17) is 16.3 Å². The normalized spacial score (nSPS) is 23.6. The number of aromatic nitrogens is 1. The molecule has 3 aliphatic carbocycles. The minimum absolute atomic E-state index is 0.00715. The van der Waals surface area contributed by atoms with Crippen molar-refractivity contribution in [2.45, 2.75) is 56.1 Å². The van der Waals surface area contributed by atoms with Gasteiger partial charge in [-0.05, 0) is 82.4 Å². The molecule has 2 amide bonds. The number of nitrogens with one attached hydrogen (secondary N) is 2. The number of carbonyl (C=O) groups excluding carboxylic acids is 2. The zero-order valence-electron chi connectivity index (χ0n) is 19.5. The van der Waals surface area contributed by atoms with Crippen LogP contribution in [0.15, 0.2) is 36.5 Å². The van der Waals surface area contributed by atoms with Crippen molar-refractivity contribution in [3.63, 3.8) is 0 Å². The van der Waals surface area contributed by atoms with Gasteiger partial charge in [-0.15, -0.1) is 0 Å². The Hall–Kier alpha value is -2.71. The molecule has 34 heavy (non-hydrogen) atoms. The summed E-state index contributed by atoms with van der Waals surface area (Å²) >= 11 is 5.67. The first-order valence-electron chi connectivity index (χ1n) is 11.5. The van der Waals surface area contributed by atoms with Gasteiger partial charge in [-0.1, -0.05) is 11.6 Å². The van der Waals surface area contributed by atoms with E-state index in [1.807, 2.05) is 31.1 Å². The molecule has 2 aromatic rings. The first kappa shape index (κ1) is 24.4. The Kier molecular flexibility index (Phi) is 7.09. The predicted octanol–water partition coefficient (Wildman–Crippen LogP) is 3.71. The summed E-state index contributed by atoms with van der Waals surface area (Å²) in [6, 6.07) is 7.85. The van der Waals surface area contributed by atoms with Crippen molar-refractivity contribution < 1.29 is 18.7 Å². The third-order valence-electron chi connectivity index (χ3n) is 6.85. The Balaban J connectivity index is 1.30. The predicted molar refractivity (Wildman–Crippen MR) is 127 cm³/mol. The monoisotopic (exact) mass is 488 g/mol. The molecule has 0 unspecified atom stereocenters. The maximum atomic E-state index is 13.6. The van der Waals surface area contributed by atoms with Gasteiger partial charge in [0.25, 0.3) is 11.8 Å². The molecule has 0 aliphatic heterocycles.